The first kappa shape index (κ1) is 13.5. The Balaban J connectivity index is 1.73. The van der Waals surface area contributed by atoms with Crippen LogP contribution in [0.25, 0.3) is 0 Å². The van der Waals surface area contributed by atoms with Gasteiger partial charge >= 0.3 is 0 Å². The summed E-state index contributed by atoms with van der Waals surface area (Å²) < 4.78 is 5.95. The molecular formula is C15H24N2O. The van der Waals surface area contributed by atoms with Gasteiger partial charge in [0.1, 0.15) is 0 Å². The van der Waals surface area contributed by atoms with E-state index in [1.54, 1.807) is 0 Å². The summed E-state index contributed by atoms with van der Waals surface area (Å²) in [6.45, 7) is 7.91. The molecule has 0 saturated carbocycles. The zero-order valence-electron chi connectivity index (χ0n) is 11.4. The Kier molecular flexibility index (Phi) is 4.38. The molecule has 100 valence electrons. The minimum absolute atomic E-state index is 0.117. The summed E-state index contributed by atoms with van der Waals surface area (Å²) in [7, 11) is 0. The number of hydrogen-bond donors (Lipinski definition) is 1. The Morgan fingerprint density at radius 1 is 1.33 bits per heavy atom. The van der Waals surface area contributed by atoms with Gasteiger partial charge in [0, 0.05) is 25.2 Å². The number of ether oxygens (including phenoxy) is 1. The lowest BCUT2D eigenvalue weighted by Crippen LogP contribution is -2.44. The van der Waals surface area contributed by atoms with Gasteiger partial charge in [0.15, 0.2) is 0 Å². The average Bonchev–Trinajstić information content (AvgIpc) is 2.73. The quantitative estimate of drug-likeness (QED) is 0.866. The molecule has 0 spiro atoms. The lowest BCUT2D eigenvalue weighted by atomic mass is 10.1. The highest BCUT2D eigenvalue weighted by Crippen LogP contribution is 2.16. The first-order valence-corrected chi connectivity index (χ1v) is 6.70. The molecule has 1 unspecified atom stereocenters. The van der Waals surface area contributed by atoms with Gasteiger partial charge in [-0.2, -0.15) is 0 Å². The van der Waals surface area contributed by atoms with Crippen molar-refractivity contribution in [1.29, 1.82) is 0 Å². The molecule has 1 aliphatic heterocycles. The minimum Gasteiger partial charge on any atom is -0.372 e. The normalized spacial score (nSPS) is 21.4. The van der Waals surface area contributed by atoms with Crippen molar-refractivity contribution < 1.29 is 4.74 Å². The van der Waals surface area contributed by atoms with Crippen LogP contribution >= 0.6 is 0 Å². The van der Waals surface area contributed by atoms with Gasteiger partial charge in [-0.25, -0.2) is 0 Å². The second-order valence-corrected chi connectivity index (χ2v) is 5.93. The maximum absolute atomic E-state index is 6.04. The number of benzene rings is 1. The number of rotatable bonds is 5. The van der Waals surface area contributed by atoms with Crippen LogP contribution in [0.1, 0.15) is 25.8 Å². The van der Waals surface area contributed by atoms with E-state index in [1.165, 1.54) is 5.56 Å². The van der Waals surface area contributed by atoms with E-state index in [4.69, 9.17) is 10.5 Å². The van der Waals surface area contributed by atoms with E-state index < -0.39 is 0 Å². The van der Waals surface area contributed by atoms with Crippen LogP contribution in [0, 0.1) is 0 Å². The van der Waals surface area contributed by atoms with Gasteiger partial charge in [0.2, 0.25) is 0 Å². The van der Waals surface area contributed by atoms with Gasteiger partial charge in [-0.3, -0.25) is 4.90 Å². The maximum atomic E-state index is 6.04. The monoisotopic (exact) mass is 248 g/mol. The Labute approximate surface area is 110 Å². The Morgan fingerprint density at radius 2 is 2.06 bits per heavy atom. The molecule has 3 heteroatoms. The Morgan fingerprint density at radius 3 is 2.72 bits per heavy atom. The standard InChI is InChI=1S/C15H24N2O/c1-15(2,16)12-17-9-8-14(10-17)18-11-13-6-4-3-5-7-13/h3-7,14H,8-12,16H2,1-2H3. The molecule has 0 radical (unpaired) electrons. The Bertz CT molecular complexity index is 359. The van der Waals surface area contributed by atoms with E-state index in [-0.39, 0.29) is 5.54 Å². The molecule has 18 heavy (non-hydrogen) atoms. The van der Waals surface area contributed by atoms with Crippen molar-refractivity contribution in [2.75, 3.05) is 19.6 Å². The number of hydrogen-bond acceptors (Lipinski definition) is 3. The predicted octanol–water partition coefficient (Wildman–Crippen LogP) is 2.01. The minimum atomic E-state index is -0.117. The first-order valence-electron chi connectivity index (χ1n) is 6.70. The third-order valence-corrected chi connectivity index (χ3v) is 3.19. The molecule has 3 nitrogen and oxygen atoms in total. The molecule has 1 aromatic rings. The highest BCUT2D eigenvalue weighted by atomic mass is 16.5. The summed E-state index contributed by atoms with van der Waals surface area (Å²) >= 11 is 0. The van der Waals surface area contributed by atoms with Crippen LogP contribution in [0.15, 0.2) is 30.3 Å². The van der Waals surface area contributed by atoms with Gasteiger partial charge in [0.05, 0.1) is 12.7 Å². The number of nitrogens with two attached hydrogens (primary N) is 1. The van der Waals surface area contributed by atoms with E-state index in [1.807, 2.05) is 6.07 Å². The molecule has 0 aliphatic carbocycles. The van der Waals surface area contributed by atoms with Gasteiger partial charge in [-0.1, -0.05) is 30.3 Å². The summed E-state index contributed by atoms with van der Waals surface area (Å²) in [5, 5.41) is 0. The molecular weight excluding hydrogens is 224 g/mol. The van der Waals surface area contributed by atoms with Crippen LogP contribution in [-0.4, -0.2) is 36.2 Å². The SMILES string of the molecule is CC(C)(N)CN1CCC(OCc2ccccc2)C1. The second kappa shape index (κ2) is 5.83. The molecule has 2 rings (SSSR count). The number of nitrogens with zero attached hydrogens (tertiary/aromatic N) is 1. The van der Waals surface area contributed by atoms with E-state index in [2.05, 4.69) is 43.0 Å². The molecule has 1 aliphatic rings. The fourth-order valence-electron chi connectivity index (χ4n) is 2.44. The third kappa shape index (κ3) is 4.41. The number of likely N-dealkylation sites (tertiary alicyclic amines) is 1. The molecule has 1 atom stereocenters. The van der Waals surface area contributed by atoms with Crippen molar-refractivity contribution in [1.82, 2.24) is 4.90 Å². The summed E-state index contributed by atoms with van der Waals surface area (Å²) in [6, 6.07) is 10.3. The van der Waals surface area contributed by atoms with E-state index >= 15 is 0 Å². The zero-order chi connectivity index (χ0) is 13.0. The molecule has 1 fully saturated rings. The highest BCUT2D eigenvalue weighted by molar-refractivity contribution is 5.13. The molecule has 1 heterocycles. The van der Waals surface area contributed by atoms with Gasteiger partial charge in [0.25, 0.3) is 0 Å². The van der Waals surface area contributed by atoms with Gasteiger partial charge in [-0.05, 0) is 25.8 Å². The third-order valence-electron chi connectivity index (χ3n) is 3.19. The smallest absolute Gasteiger partial charge is 0.0721 e. The average molecular weight is 248 g/mol. The van der Waals surface area contributed by atoms with Crippen LogP contribution in [0.4, 0.5) is 0 Å². The topological polar surface area (TPSA) is 38.5 Å². The second-order valence-electron chi connectivity index (χ2n) is 5.93. The summed E-state index contributed by atoms with van der Waals surface area (Å²) in [4.78, 5) is 2.40. The largest absolute Gasteiger partial charge is 0.372 e. The zero-order valence-corrected chi connectivity index (χ0v) is 11.4. The van der Waals surface area contributed by atoms with Crippen LogP contribution in [0.3, 0.4) is 0 Å². The Hall–Kier alpha value is -0.900. The van der Waals surface area contributed by atoms with Crippen LogP contribution in [0.5, 0.6) is 0 Å². The van der Waals surface area contributed by atoms with E-state index in [0.717, 1.165) is 26.1 Å². The van der Waals surface area contributed by atoms with Gasteiger partial charge in [-0.15, -0.1) is 0 Å². The molecule has 0 bridgehead atoms. The van der Waals surface area contributed by atoms with Gasteiger partial charge < -0.3 is 10.5 Å². The fourth-order valence-corrected chi connectivity index (χ4v) is 2.44. The molecule has 2 N–H and O–H groups in total. The maximum Gasteiger partial charge on any atom is 0.0721 e. The molecule has 1 saturated heterocycles. The summed E-state index contributed by atoms with van der Waals surface area (Å²) in [5.41, 5.74) is 7.17. The molecule has 0 aromatic heterocycles. The highest BCUT2D eigenvalue weighted by Gasteiger charge is 2.26. The fraction of sp³-hybridized carbons (Fsp3) is 0.600. The summed E-state index contributed by atoms with van der Waals surface area (Å²) in [6.07, 6.45) is 1.47. The lowest BCUT2D eigenvalue weighted by Gasteiger charge is -2.26. The first-order chi connectivity index (χ1) is 8.53. The van der Waals surface area contributed by atoms with Crippen molar-refractivity contribution in [3.8, 4) is 0 Å². The molecule has 1 aromatic carbocycles. The van der Waals surface area contributed by atoms with Crippen molar-refractivity contribution in [2.24, 2.45) is 5.73 Å². The predicted molar refractivity (Wildman–Crippen MR) is 74.3 cm³/mol. The summed E-state index contributed by atoms with van der Waals surface area (Å²) in [5.74, 6) is 0. The van der Waals surface area contributed by atoms with Crippen LogP contribution in [0.2, 0.25) is 0 Å². The van der Waals surface area contributed by atoms with Crippen molar-refractivity contribution in [3.05, 3.63) is 35.9 Å². The van der Waals surface area contributed by atoms with E-state index in [0.29, 0.717) is 12.7 Å². The van der Waals surface area contributed by atoms with Crippen LogP contribution < -0.4 is 5.73 Å². The van der Waals surface area contributed by atoms with Crippen molar-refractivity contribution >= 4 is 0 Å². The van der Waals surface area contributed by atoms with Crippen molar-refractivity contribution in [2.45, 2.75) is 38.5 Å². The molecule has 0 amide bonds. The lowest BCUT2D eigenvalue weighted by molar-refractivity contribution is 0.0455. The van der Waals surface area contributed by atoms with Crippen molar-refractivity contribution in [3.63, 3.8) is 0 Å². The van der Waals surface area contributed by atoms with Crippen LogP contribution in [-0.2, 0) is 11.3 Å². The van der Waals surface area contributed by atoms with E-state index in [9.17, 15) is 0 Å².